The number of aromatic nitrogens is 1. The first kappa shape index (κ1) is 13.6. The lowest BCUT2D eigenvalue weighted by Gasteiger charge is -2.04. The van der Waals surface area contributed by atoms with Gasteiger partial charge >= 0.3 is 0 Å². The van der Waals surface area contributed by atoms with Gasteiger partial charge in [0.1, 0.15) is 10.9 Å². The molecule has 1 aromatic carbocycles. The molecule has 2 aromatic rings. The molecular weight excluding hydrogens is 293 g/mol. The Hall–Kier alpha value is -0.810. The van der Waals surface area contributed by atoms with Gasteiger partial charge in [0, 0.05) is 7.11 Å². The molecule has 6 heteroatoms. The van der Waals surface area contributed by atoms with Gasteiger partial charge in [-0.1, -0.05) is 35.1 Å². The molecule has 0 bridgehead atoms. The van der Waals surface area contributed by atoms with E-state index in [2.05, 4.69) is 4.98 Å². The van der Waals surface area contributed by atoms with E-state index in [1.54, 1.807) is 7.11 Å². The maximum atomic E-state index is 5.91. The summed E-state index contributed by atoms with van der Waals surface area (Å²) in [7, 11) is 1.65. The lowest BCUT2D eigenvalue weighted by atomic mass is 10.2. The van der Waals surface area contributed by atoms with Gasteiger partial charge in [0.25, 0.3) is 5.19 Å². The van der Waals surface area contributed by atoms with Crippen LogP contribution < -0.4 is 4.74 Å². The number of thiazole rings is 1. The second kappa shape index (κ2) is 6.38. The van der Waals surface area contributed by atoms with Crippen LogP contribution in [0.25, 0.3) is 0 Å². The zero-order valence-electron chi connectivity index (χ0n) is 9.65. The minimum atomic E-state index is 0.337. The van der Waals surface area contributed by atoms with Gasteiger partial charge < -0.3 is 9.47 Å². The highest BCUT2D eigenvalue weighted by atomic mass is 35.5. The zero-order valence-corrected chi connectivity index (χ0v) is 12.0. The van der Waals surface area contributed by atoms with Crippen molar-refractivity contribution in [2.75, 3.05) is 7.11 Å². The molecule has 18 heavy (non-hydrogen) atoms. The summed E-state index contributed by atoms with van der Waals surface area (Å²) in [6.45, 7) is 0.544. The van der Waals surface area contributed by atoms with Crippen molar-refractivity contribution in [2.24, 2.45) is 0 Å². The number of halogens is 2. The van der Waals surface area contributed by atoms with Crippen LogP contribution in [0.1, 0.15) is 10.4 Å². The summed E-state index contributed by atoms with van der Waals surface area (Å²) in [6, 6.07) is 7.63. The maximum Gasteiger partial charge on any atom is 0.280 e. The summed E-state index contributed by atoms with van der Waals surface area (Å²) < 4.78 is 10.7. The monoisotopic (exact) mass is 303 g/mol. The van der Waals surface area contributed by atoms with E-state index in [-0.39, 0.29) is 0 Å². The summed E-state index contributed by atoms with van der Waals surface area (Å²) >= 11 is 13.0. The van der Waals surface area contributed by atoms with E-state index < -0.39 is 0 Å². The number of benzene rings is 1. The minimum Gasteiger partial charge on any atom is -0.431 e. The number of alkyl halides is 1. The van der Waals surface area contributed by atoms with Gasteiger partial charge in [0.05, 0.1) is 17.4 Å². The van der Waals surface area contributed by atoms with Crippen molar-refractivity contribution in [1.29, 1.82) is 0 Å². The highest BCUT2D eigenvalue weighted by molar-refractivity contribution is 7.14. The first-order chi connectivity index (χ1) is 8.72. The molecule has 2 rings (SSSR count). The van der Waals surface area contributed by atoms with Gasteiger partial charge in [-0.15, -0.1) is 11.6 Å². The van der Waals surface area contributed by atoms with Crippen molar-refractivity contribution in [2.45, 2.75) is 12.5 Å². The van der Waals surface area contributed by atoms with Crippen LogP contribution in [0.3, 0.4) is 0 Å². The van der Waals surface area contributed by atoms with Crippen LogP contribution in [0.2, 0.25) is 5.15 Å². The van der Waals surface area contributed by atoms with Crippen LogP contribution in [-0.2, 0) is 17.2 Å². The van der Waals surface area contributed by atoms with Crippen molar-refractivity contribution in [1.82, 2.24) is 4.98 Å². The van der Waals surface area contributed by atoms with Crippen LogP contribution >= 0.6 is 34.5 Å². The summed E-state index contributed by atoms with van der Waals surface area (Å²) in [5.41, 5.74) is 1.04. The predicted octanol–water partition coefficient (Wildman–Crippen LogP) is 4.47. The molecule has 0 N–H and O–H groups in total. The molecule has 0 aliphatic heterocycles. The molecule has 0 amide bonds. The highest BCUT2D eigenvalue weighted by Gasteiger charge is 2.10. The zero-order chi connectivity index (χ0) is 13.0. The fraction of sp³-hybridized carbons (Fsp3) is 0.250. The molecule has 1 aromatic heterocycles. The number of ether oxygens (including phenoxy) is 2. The van der Waals surface area contributed by atoms with E-state index in [0.717, 1.165) is 10.4 Å². The molecule has 0 aliphatic rings. The van der Waals surface area contributed by atoms with E-state index in [1.807, 2.05) is 24.3 Å². The Morgan fingerprint density at radius 3 is 2.89 bits per heavy atom. The van der Waals surface area contributed by atoms with Crippen LogP contribution in [0.15, 0.2) is 24.3 Å². The van der Waals surface area contributed by atoms with Gasteiger partial charge in [0.15, 0.2) is 0 Å². The normalized spacial score (nSPS) is 10.6. The lowest BCUT2D eigenvalue weighted by Crippen LogP contribution is -1.89. The third kappa shape index (κ3) is 3.36. The Morgan fingerprint density at radius 1 is 1.39 bits per heavy atom. The highest BCUT2D eigenvalue weighted by Crippen LogP contribution is 2.33. The second-order valence-electron chi connectivity index (χ2n) is 3.51. The number of methoxy groups -OCH3 is 1. The number of hydrogen-bond donors (Lipinski definition) is 0. The third-order valence-electron chi connectivity index (χ3n) is 2.17. The molecule has 96 valence electrons. The quantitative estimate of drug-likeness (QED) is 0.764. The summed E-state index contributed by atoms with van der Waals surface area (Å²) in [5, 5.41) is 0.892. The molecule has 0 unspecified atom stereocenters. The smallest absolute Gasteiger partial charge is 0.280 e. The van der Waals surface area contributed by atoms with Crippen molar-refractivity contribution in [3.63, 3.8) is 0 Å². The lowest BCUT2D eigenvalue weighted by molar-refractivity contribution is 0.184. The number of rotatable bonds is 5. The first-order valence-corrected chi connectivity index (χ1v) is 6.92. The summed E-state index contributed by atoms with van der Waals surface area (Å²) in [4.78, 5) is 4.91. The van der Waals surface area contributed by atoms with E-state index in [9.17, 15) is 0 Å². The largest absolute Gasteiger partial charge is 0.431 e. The average Bonchev–Trinajstić information content (AvgIpc) is 2.70. The molecule has 0 fully saturated rings. The number of nitrogens with zero attached hydrogens (tertiary/aromatic N) is 1. The first-order valence-electron chi connectivity index (χ1n) is 5.20. The molecule has 0 atom stereocenters. The van der Waals surface area contributed by atoms with Crippen molar-refractivity contribution in [3.8, 4) is 10.9 Å². The molecule has 0 spiro atoms. The Morgan fingerprint density at radius 2 is 2.22 bits per heavy atom. The Bertz CT molecular complexity index is 531. The standard InChI is InChI=1S/C12H11Cl2NO2S/c1-16-7-8-3-2-4-9(5-8)17-12-15-11(14)10(6-13)18-12/h2-5H,6-7H2,1H3. The minimum absolute atomic E-state index is 0.337. The topological polar surface area (TPSA) is 31.4 Å². The molecule has 1 heterocycles. The fourth-order valence-corrected chi connectivity index (χ4v) is 2.74. The predicted molar refractivity (Wildman–Crippen MR) is 73.9 cm³/mol. The van der Waals surface area contributed by atoms with E-state index >= 15 is 0 Å². The maximum absolute atomic E-state index is 5.91. The SMILES string of the molecule is COCc1cccc(Oc2nc(Cl)c(CCl)s2)c1. The second-order valence-corrected chi connectivity index (χ2v) is 5.18. The van der Waals surface area contributed by atoms with Crippen molar-refractivity contribution < 1.29 is 9.47 Å². The van der Waals surface area contributed by atoms with Gasteiger partial charge in [-0.2, -0.15) is 4.98 Å². The van der Waals surface area contributed by atoms with E-state index in [4.69, 9.17) is 32.7 Å². The fourth-order valence-electron chi connectivity index (χ4n) is 1.41. The molecule has 0 aliphatic carbocycles. The van der Waals surface area contributed by atoms with Crippen molar-refractivity contribution in [3.05, 3.63) is 39.9 Å². The van der Waals surface area contributed by atoms with Crippen molar-refractivity contribution >= 4 is 34.5 Å². The number of hydrogen-bond acceptors (Lipinski definition) is 4. The summed E-state index contributed by atoms with van der Waals surface area (Å²) in [5.74, 6) is 1.04. The van der Waals surface area contributed by atoms with Crippen LogP contribution in [0.4, 0.5) is 0 Å². The van der Waals surface area contributed by atoms with E-state index in [1.165, 1.54) is 11.3 Å². The molecule has 0 radical (unpaired) electrons. The van der Waals surface area contributed by atoms with Gasteiger partial charge in [-0.05, 0) is 17.7 Å². The van der Waals surface area contributed by atoms with E-state index in [0.29, 0.717) is 28.6 Å². The van der Waals surface area contributed by atoms with Crippen LogP contribution in [-0.4, -0.2) is 12.1 Å². The van der Waals surface area contributed by atoms with Gasteiger partial charge in [0.2, 0.25) is 0 Å². The van der Waals surface area contributed by atoms with Gasteiger partial charge in [-0.3, -0.25) is 0 Å². The molecule has 0 saturated carbocycles. The Kier molecular flexibility index (Phi) is 4.83. The summed E-state index contributed by atoms with van der Waals surface area (Å²) in [6.07, 6.45) is 0. The Balaban J connectivity index is 2.14. The molecular formula is C12H11Cl2NO2S. The third-order valence-corrected chi connectivity index (χ3v) is 3.95. The molecule has 0 saturated heterocycles. The average molecular weight is 304 g/mol. The Labute approximate surface area is 119 Å². The van der Waals surface area contributed by atoms with Gasteiger partial charge in [-0.25, -0.2) is 0 Å². The van der Waals surface area contributed by atoms with Crippen LogP contribution in [0.5, 0.6) is 10.9 Å². The molecule has 3 nitrogen and oxygen atoms in total. The van der Waals surface area contributed by atoms with Crippen LogP contribution in [0, 0.1) is 0 Å².